The van der Waals surface area contributed by atoms with Gasteiger partial charge in [-0.15, -0.1) is 0 Å². The predicted molar refractivity (Wildman–Crippen MR) is 218 cm³/mol. The minimum atomic E-state index is -4.10. The van der Waals surface area contributed by atoms with Crippen molar-refractivity contribution in [1.82, 2.24) is 14.6 Å². The van der Waals surface area contributed by atoms with Crippen molar-refractivity contribution in [3.8, 4) is 5.75 Å². The SMILES string of the molecule is Cc1c(C)c(S(=O)(=O)NC(N)=NCCC[C@H](NC(=O)c2ccn(C(c3ccccc3)c3ccccc3)c(=O)c2)C(=O)OC(C)(C)C)c(C)c2c1OC(C)(C)CC2. The Morgan fingerprint density at radius 3 is 2.14 bits per heavy atom. The predicted octanol–water partition coefficient (Wildman–Crippen LogP) is 6.03. The topological polar surface area (TPSA) is 171 Å². The first kappa shape index (κ1) is 41.7. The molecule has 0 bridgehead atoms. The van der Waals surface area contributed by atoms with Crippen LogP contribution in [0.25, 0.3) is 0 Å². The number of carbonyl (C=O) groups excluding carboxylic acids is 2. The third-order valence-electron chi connectivity index (χ3n) is 9.82. The number of nitrogens with zero attached hydrogens (tertiary/aromatic N) is 2. The third-order valence-corrected chi connectivity index (χ3v) is 11.5. The van der Waals surface area contributed by atoms with Gasteiger partial charge in [0.25, 0.3) is 21.5 Å². The van der Waals surface area contributed by atoms with Crippen LogP contribution in [-0.2, 0) is 26.0 Å². The molecule has 0 spiro atoms. The smallest absolute Gasteiger partial charge is 0.329 e. The Labute approximate surface area is 329 Å². The van der Waals surface area contributed by atoms with E-state index in [2.05, 4.69) is 15.0 Å². The number of esters is 1. The highest BCUT2D eigenvalue weighted by atomic mass is 32.2. The van der Waals surface area contributed by atoms with Crippen LogP contribution >= 0.6 is 0 Å². The number of amides is 1. The Kier molecular flexibility index (Phi) is 12.5. The van der Waals surface area contributed by atoms with E-state index < -0.39 is 45.1 Å². The summed E-state index contributed by atoms with van der Waals surface area (Å²) in [7, 11) is -4.10. The van der Waals surface area contributed by atoms with Gasteiger partial charge in [-0.25, -0.2) is 17.9 Å². The minimum absolute atomic E-state index is 0.0457. The number of pyridine rings is 1. The summed E-state index contributed by atoms with van der Waals surface area (Å²) in [5.41, 5.74) is 9.19. The number of hydrogen-bond acceptors (Lipinski definition) is 8. The van der Waals surface area contributed by atoms with Gasteiger partial charge in [0, 0.05) is 24.4 Å². The van der Waals surface area contributed by atoms with Crippen molar-refractivity contribution in [2.24, 2.45) is 10.7 Å². The second-order valence-corrected chi connectivity index (χ2v) is 17.5. The summed E-state index contributed by atoms with van der Waals surface area (Å²) in [6.07, 6.45) is 3.35. The fourth-order valence-electron chi connectivity index (χ4n) is 6.96. The fourth-order valence-corrected chi connectivity index (χ4v) is 8.48. The molecule has 0 aliphatic carbocycles. The maximum atomic E-state index is 13.7. The van der Waals surface area contributed by atoms with E-state index in [-0.39, 0.29) is 41.4 Å². The number of nitrogens with two attached hydrogens (primary N) is 1. The van der Waals surface area contributed by atoms with Crippen molar-refractivity contribution in [3.05, 3.63) is 128 Å². The number of hydrogen-bond donors (Lipinski definition) is 3. The highest BCUT2D eigenvalue weighted by molar-refractivity contribution is 7.90. The fraction of sp³-hybridized carbons (Fsp3) is 0.395. The van der Waals surface area contributed by atoms with E-state index in [0.29, 0.717) is 17.5 Å². The summed E-state index contributed by atoms with van der Waals surface area (Å²) in [6.45, 7) is 14.6. The van der Waals surface area contributed by atoms with E-state index in [0.717, 1.165) is 34.4 Å². The van der Waals surface area contributed by atoms with Crippen LogP contribution in [-0.4, -0.2) is 54.6 Å². The molecule has 4 aromatic rings. The van der Waals surface area contributed by atoms with Gasteiger partial charge in [0.1, 0.15) is 23.0 Å². The van der Waals surface area contributed by atoms with Gasteiger partial charge >= 0.3 is 5.97 Å². The largest absolute Gasteiger partial charge is 0.487 e. The molecule has 0 radical (unpaired) electrons. The zero-order chi connectivity index (χ0) is 41.0. The molecule has 5 rings (SSSR count). The summed E-state index contributed by atoms with van der Waals surface area (Å²) in [5.74, 6) is -0.866. The molecule has 1 atom stereocenters. The standard InChI is InChI=1S/C43H53N5O7S/c1-27-28(2)38(29(3)33-21-23-43(7,8)54-37(27)33)56(52,53)47-41(44)45-24-15-20-34(40(51)55-42(4,5)6)46-39(50)32-22-25-48(35(49)26-32)36(30-16-11-9-12-17-30)31-18-13-10-14-19-31/h9-14,16-19,22,25-26,34,36H,15,20-21,23-24H2,1-8H3,(H,46,50)(H3,44,45,47)/t34-/m0/s1. The van der Waals surface area contributed by atoms with Gasteiger partial charge in [-0.05, 0) is 121 Å². The molecule has 2 heterocycles. The second kappa shape index (κ2) is 16.7. The maximum absolute atomic E-state index is 13.7. The van der Waals surface area contributed by atoms with Crippen molar-refractivity contribution in [2.45, 2.75) is 109 Å². The molecule has 1 amide bonds. The molecule has 12 nitrogen and oxygen atoms in total. The van der Waals surface area contributed by atoms with E-state index in [1.807, 2.05) is 81.4 Å². The van der Waals surface area contributed by atoms with Crippen LogP contribution in [0.15, 0.2) is 93.7 Å². The highest BCUT2D eigenvalue weighted by Gasteiger charge is 2.34. The molecule has 0 saturated heterocycles. The van der Waals surface area contributed by atoms with Gasteiger partial charge in [-0.2, -0.15) is 0 Å². The van der Waals surface area contributed by atoms with Gasteiger partial charge in [0.2, 0.25) is 5.96 Å². The van der Waals surface area contributed by atoms with Gasteiger partial charge in [0.05, 0.1) is 10.9 Å². The van der Waals surface area contributed by atoms with Crippen LogP contribution in [0.3, 0.4) is 0 Å². The highest BCUT2D eigenvalue weighted by Crippen LogP contribution is 2.42. The zero-order valence-corrected chi connectivity index (χ0v) is 34.3. The van der Waals surface area contributed by atoms with E-state index in [1.54, 1.807) is 51.4 Å². The molecule has 0 saturated carbocycles. The average Bonchev–Trinajstić information content (AvgIpc) is 3.12. The molecule has 4 N–H and O–H groups in total. The number of ether oxygens (including phenoxy) is 2. The van der Waals surface area contributed by atoms with Crippen LogP contribution in [0, 0.1) is 20.8 Å². The first-order chi connectivity index (χ1) is 26.3. The molecule has 56 heavy (non-hydrogen) atoms. The number of aliphatic imine (C=N–C) groups is 1. The summed E-state index contributed by atoms with van der Waals surface area (Å²) in [6, 6.07) is 20.5. The lowest BCUT2D eigenvalue weighted by molar-refractivity contribution is -0.157. The molecule has 1 aromatic heterocycles. The van der Waals surface area contributed by atoms with Crippen molar-refractivity contribution in [1.29, 1.82) is 0 Å². The Morgan fingerprint density at radius 1 is 0.964 bits per heavy atom. The second-order valence-electron chi connectivity index (χ2n) is 15.8. The number of benzene rings is 3. The summed E-state index contributed by atoms with van der Waals surface area (Å²) in [5, 5.41) is 2.73. The first-order valence-electron chi connectivity index (χ1n) is 18.8. The Morgan fingerprint density at radius 2 is 1.57 bits per heavy atom. The monoisotopic (exact) mass is 783 g/mol. The van der Waals surface area contributed by atoms with Crippen molar-refractivity contribution in [3.63, 3.8) is 0 Å². The molecular formula is C43H53N5O7S. The molecule has 1 aliphatic rings. The number of nitrogens with one attached hydrogen (secondary N) is 2. The zero-order valence-electron chi connectivity index (χ0n) is 33.4. The molecule has 3 aromatic carbocycles. The third kappa shape index (κ3) is 9.86. The lowest BCUT2D eigenvalue weighted by atomic mass is 9.88. The van der Waals surface area contributed by atoms with Crippen LogP contribution in [0.2, 0.25) is 0 Å². The molecule has 13 heteroatoms. The molecule has 0 unspecified atom stereocenters. The molecular weight excluding hydrogens is 731 g/mol. The van der Waals surface area contributed by atoms with Crippen molar-refractivity contribution in [2.75, 3.05) is 6.54 Å². The molecule has 298 valence electrons. The maximum Gasteiger partial charge on any atom is 0.329 e. The summed E-state index contributed by atoms with van der Waals surface area (Å²) in [4.78, 5) is 44.7. The van der Waals surface area contributed by atoms with E-state index in [1.165, 1.54) is 6.07 Å². The van der Waals surface area contributed by atoms with Gasteiger partial charge in [0.15, 0.2) is 0 Å². The van der Waals surface area contributed by atoms with Gasteiger partial charge < -0.3 is 25.1 Å². The number of rotatable bonds is 12. The molecule has 0 fully saturated rings. The van der Waals surface area contributed by atoms with Crippen molar-refractivity contribution < 1.29 is 27.5 Å². The van der Waals surface area contributed by atoms with Gasteiger partial charge in [-0.3, -0.25) is 14.6 Å². The van der Waals surface area contributed by atoms with Crippen LogP contribution in [0.4, 0.5) is 0 Å². The quantitative estimate of drug-likeness (QED) is 0.0677. The molecule has 1 aliphatic heterocycles. The van der Waals surface area contributed by atoms with E-state index in [9.17, 15) is 22.8 Å². The van der Waals surface area contributed by atoms with Crippen LogP contribution in [0.1, 0.15) is 104 Å². The van der Waals surface area contributed by atoms with Crippen molar-refractivity contribution >= 4 is 27.9 Å². The number of guanidine groups is 1. The first-order valence-corrected chi connectivity index (χ1v) is 20.3. The lowest BCUT2D eigenvalue weighted by Crippen LogP contribution is -2.44. The average molecular weight is 784 g/mol. The van der Waals surface area contributed by atoms with E-state index >= 15 is 0 Å². The van der Waals surface area contributed by atoms with E-state index in [4.69, 9.17) is 15.2 Å². The Bertz CT molecular complexity index is 2240. The summed E-state index contributed by atoms with van der Waals surface area (Å²) >= 11 is 0. The Balaban J connectivity index is 1.29. The number of sulfonamides is 1. The number of carbonyl (C=O) groups is 2. The minimum Gasteiger partial charge on any atom is -0.487 e. The summed E-state index contributed by atoms with van der Waals surface area (Å²) < 4.78 is 43.1. The van der Waals surface area contributed by atoms with Crippen LogP contribution < -0.4 is 26.1 Å². The van der Waals surface area contributed by atoms with Gasteiger partial charge in [-0.1, -0.05) is 60.7 Å². The van der Waals surface area contributed by atoms with Crippen LogP contribution in [0.5, 0.6) is 5.75 Å². The normalized spacial score (nSPS) is 14.7. The number of aromatic nitrogens is 1. The lowest BCUT2D eigenvalue weighted by Gasteiger charge is -2.35. The number of fused-ring (bicyclic) bond motifs is 1. The Hall–Kier alpha value is -5.43.